The summed E-state index contributed by atoms with van der Waals surface area (Å²) in [6.07, 6.45) is 3.82. The predicted octanol–water partition coefficient (Wildman–Crippen LogP) is 4.85. The van der Waals surface area contributed by atoms with Crippen LogP contribution in [0, 0.1) is 6.92 Å². The van der Waals surface area contributed by atoms with E-state index in [2.05, 4.69) is 27.2 Å². The summed E-state index contributed by atoms with van der Waals surface area (Å²) in [5.41, 5.74) is 2.44. The maximum absolute atomic E-state index is 5.73. The molecule has 3 rings (SSSR count). The molecule has 3 aromatic rings. The van der Waals surface area contributed by atoms with E-state index in [-0.39, 0.29) is 0 Å². The van der Waals surface area contributed by atoms with Crippen molar-refractivity contribution in [2.75, 3.05) is 26.1 Å². The van der Waals surface area contributed by atoms with Gasteiger partial charge in [-0.1, -0.05) is 24.7 Å². The highest BCUT2D eigenvalue weighted by Crippen LogP contribution is 2.34. The zero-order valence-electron chi connectivity index (χ0n) is 16.5. The number of ether oxygens (including phenoxy) is 3. The summed E-state index contributed by atoms with van der Waals surface area (Å²) in [5, 5.41) is 3.88. The molecule has 8 heteroatoms. The first-order chi connectivity index (χ1) is 13.6. The van der Waals surface area contributed by atoms with Crippen molar-refractivity contribution < 1.29 is 14.2 Å². The molecule has 2 aromatic heterocycles. The zero-order valence-corrected chi connectivity index (χ0v) is 17.3. The Morgan fingerprint density at radius 3 is 2.71 bits per heavy atom. The fraction of sp³-hybridized carbons (Fsp3) is 0.350. The van der Waals surface area contributed by atoms with E-state index in [0.717, 1.165) is 34.8 Å². The molecule has 28 heavy (non-hydrogen) atoms. The molecule has 0 unspecified atom stereocenters. The molecule has 0 aliphatic heterocycles. The molecule has 0 saturated carbocycles. The normalized spacial score (nSPS) is 10.6. The Bertz CT molecular complexity index is 930. The maximum atomic E-state index is 5.73. The summed E-state index contributed by atoms with van der Waals surface area (Å²) < 4.78 is 16.4. The lowest BCUT2D eigenvalue weighted by atomic mass is 10.2. The minimum absolute atomic E-state index is 0.474. The second-order valence-corrected chi connectivity index (χ2v) is 7.01. The molecule has 0 spiro atoms. The van der Waals surface area contributed by atoms with Crippen molar-refractivity contribution in [3.8, 4) is 27.3 Å². The van der Waals surface area contributed by atoms with Crippen molar-refractivity contribution in [1.29, 1.82) is 0 Å². The van der Waals surface area contributed by atoms with Crippen LogP contribution in [0.15, 0.2) is 30.5 Å². The molecule has 0 bridgehead atoms. The molecular formula is C20H24N4O3S. The Hall–Kier alpha value is -2.87. The summed E-state index contributed by atoms with van der Waals surface area (Å²) in [4.78, 5) is 14.4. The topological polar surface area (TPSA) is 78.4 Å². The van der Waals surface area contributed by atoms with Crippen molar-refractivity contribution in [3.63, 3.8) is 0 Å². The van der Waals surface area contributed by atoms with Gasteiger partial charge in [-0.05, 0) is 31.5 Å². The number of hydrogen-bond donors (Lipinski definition) is 1. The fourth-order valence-electron chi connectivity index (χ4n) is 2.54. The van der Waals surface area contributed by atoms with Crippen LogP contribution in [0.3, 0.4) is 0 Å². The number of aryl methyl sites for hydroxylation is 1. The molecular weight excluding hydrogens is 376 g/mol. The van der Waals surface area contributed by atoms with E-state index >= 15 is 0 Å². The average Bonchev–Trinajstić information content (AvgIpc) is 3.09. The summed E-state index contributed by atoms with van der Waals surface area (Å²) in [5.74, 6) is 1.84. The van der Waals surface area contributed by atoms with E-state index in [9.17, 15) is 0 Å². The SMILES string of the molecule is CCCCOc1nc(C)c(-c2ccnc(Nc3ccc(OC)cc3OC)n2)s1. The van der Waals surface area contributed by atoms with E-state index in [1.165, 1.54) is 11.3 Å². The first-order valence-corrected chi connectivity index (χ1v) is 9.89. The number of nitrogens with one attached hydrogen (secondary N) is 1. The third-order valence-corrected chi connectivity index (χ3v) is 5.14. The van der Waals surface area contributed by atoms with Crippen LogP contribution in [0.4, 0.5) is 11.6 Å². The summed E-state index contributed by atoms with van der Waals surface area (Å²) in [6, 6.07) is 7.39. The second-order valence-electron chi connectivity index (χ2n) is 6.05. The average molecular weight is 401 g/mol. The van der Waals surface area contributed by atoms with Gasteiger partial charge >= 0.3 is 0 Å². The molecule has 1 aromatic carbocycles. The van der Waals surface area contributed by atoms with Crippen LogP contribution in [0.2, 0.25) is 0 Å². The number of rotatable bonds is 9. The van der Waals surface area contributed by atoms with Gasteiger partial charge in [-0.3, -0.25) is 0 Å². The van der Waals surface area contributed by atoms with Crippen LogP contribution < -0.4 is 19.5 Å². The van der Waals surface area contributed by atoms with Crippen molar-refractivity contribution in [1.82, 2.24) is 15.0 Å². The molecule has 0 aliphatic rings. The number of benzene rings is 1. The molecule has 2 heterocycles. The van der Waals surface area contributed by atoms with Gasteiger partial charge in [0.1, 0.15) is 11.5 Å². The van der Waals surface area contributed by atoms with E-state index in [1.807, 2.05) is 25.1 Å². The van der Waals surface area contributed by atoms with E-state index in [4.69, 9.17) is 14.2 Å². The third-order valence-electron chi connectivity index (χ3n) is 4.04. The molecule has 0 aliphatic carbocycles. The van der Waals surface area contributed by atoms with Crippen LogP contribution >= 0.6 is 11.3 Å². The van der Waals surface area contributed by atoms with Gasteiger partial charge < -0.3 is 19.5 Å². The van der Waals surface area contributed by atoms with Gasteiger partial charge in [0.15, 0.2) is 0 Å². The smallest absolute Gasteiger partial charge is 0.274 e. The number of hydrogen-bond acceptors (Lipinski definition) is 8. The lowest BCUT2D eigenvalue weighted by molar-refractivity contribution is 0.307. The Labute approximate surface area is 168 Å². The van der Waals surface area contributed by atoms with E-state index in [0.29, 0.717) is 29.2 Å². The minimum atomic E-state index is 0.474. The van der Waals surface area contributed by atoms with Gasteiger partial charge in [0.05, 0.1) is 42.8 Å². The number of aromatic nitrogens is 3. The van der Waals surface area contributed by atoms with Crippen LogP contribution in [-0.4, -0.2) is 35.8 Å². The molecule has 148 valence electrons. The molecule has 0 amide bonds. The first-order valence-electron chi connectivity index (χ1n) is 9.07. The van der Waals surface area contributed by atoms with Crippen LogP contribution in [0.1, 0.15) is 25.5 Å². The molecule has 0 saturated heterocycles. The van der Waals surface area contributed by atoms with Crippen molar-refractivity contribution in [3.05, 3.63) is 36.2 Å². The highest BCUT2D eigenvalue weighted by molar-refractivity contribution is 7.17. The Morgan fingerprint density at radius 1 is 1.11 bits per heavy atom. The number of unbranched alkanes of at least 4 members (excludes halogenated alkanes) is 1. The predicted molar refractivity (Wildman–Crippen MR) is 111 cm³/mol. The van der Waals surface area contributed by atoms with Gasteiger partial charge in [0.2, 0.25) is 5.95 Å². The lowest BCUT2D eigenvalue weighted by Gasteiger charge is -2.11. The Balaban J connectivity index is 1.81. The van der Waals surface area contributed by atoms with E-state index in [1.54, 1.807) is 26.5 Å². The lowest BCUT2D eigenvalue weighted by Crippen LogP contribution is -2.00. The van der Waals surface area contributed by atoms with Crippen LogP contribution in [0.5, 0.6) is 16.7 Å². The largest absolute Gasteiger partial charge is 0.497 e. The quantitative estimate of drug-likeness (QED) is 0.514. The number of nitrogens with zero attached hydrogens (tertiary/aromatic N) is 3. The fourth-order valence-corrected chi connectivity index (χ4v) is 3.45. The second kappa shape index (κ2) is 9.36. The summed E-state index contributed by atoms with van der Waals surface area (Å²) in [7, 11) is 3.23. The number of thiazole rings is 1. The molecule has 0 fully saturated rings. The number of methoxy groups -OCH3 is 2. The standard InChI is InChI=1S/C20H24N4O3S/c1-5-6-11-27-20-22-13(2)18(28-20)16-9-10-21-19(24-16)23-15-8-7-14(25-3)12-17(15)26-4/h7-10,12H,5-6,11H2,1-4H3,(H,21,23,24). The van der Waals surface area contributed by atoms with Crippen molar-refractivity contribution in [2.24, 2.45) is 0 Å². The van der Waals surface area contributed by atoms with E-state index < -0.39 is 0 Å². The van der Waals surface area contributed by atoms with Gasteiger partial charge in [0.25, 0.3) is 5.19 Å². The van der Waals surface area contributed by atoms with Crippen LogP contribution in [-0.2, 0) is 0 Å². The minimum Gasteiger partial charge on any atom is -0.497 e. The van der Waals surface area contributed by atoms with Gasteiger partial charge in [-0.2, -0.15) is 0 Å². The monoisotopic (exact) mass is 400 g/mol. The highest BCUT2D eigenvalue weighted by atomic mass is 32.1. The maximum Gasteiger partial charge on any atom is 0.274 e. The van der Waals surface area contributed by atoms with Crippen molar-refractivity contribution >= 4 is 23.0 Å². The van der Waals surface area contributed by atoms with Gasteiger partial charge in [0, 0.05) is 12.3 Å². The summed E-state index contributed by atoms with van der Waals surface area (Å²) in [6.45, 7) is 4.77. The highest BCUT2D eigenvalue weighted by Gasteiger charge is 2.14. The van der Waals surface area contributed by atoms with Gasteiger partial charge in [-0.25, -0.2) is 15.0 Å². The Kier molecular flexibility index (Phi) is 6.65. The Morgan fingerprint density at radius 2 is 1.96 bits per heavy atom. The first kappa shape index (κ1) is 19.9. The third kappa shape index (κ3) is 4.69. The number of anilines is 2. The van der Waals surface area contributed by atoms with Gasteiger partial charge in [-0.15, -0.1) is 0 Å². The molecule has 7 nitrogen and oxygen atoms in total. The summed E-state index contributed by atoms with van der Waals surface area (Å²) >= 11 is 1.50. The van der Waals surface area contributed by atoms with Crippen LogP contribution in [0.25, 0.3) is 10.6 Å². The molecule has 1 N–H and O–H groups in total. The molecule has 0 radical (unpaired) electrons. The zero-order chi connectivity index (χ0) is 19.9. The molecule has 0 atom stereocenters. The van der Waals surface area contributed by atoms with Crippen molar-refractivity contribution in [2.45, 2.75) is 26.7 Å².